The summed E-state index contributed by atoms with van der Waals surface area (Å²) in [4.78, 5) is 2.53. The van der Waals surface area contributed by atoms with E-state index in [1.807, 2.05) is 13.2 Å². The molecule has 1 saturated heterocycles. The third-order valence-electron chi connectivity index (χ3n) is 3.19. The van der Waals surface area contributed by atoms with Crippen molar-refractivity contribution in [2.45, 2.75) is 38.3 Å². The number of rotatable bonds is 3. The van der Waals surface area contributed by atoms with Gasteiger partial charge in [0.05, 0.1) is 5.69 Å². The molecule has 1 fully saturated rings. The molecule has 1 aromatic heterocycles. The van der Waals surface area contributed by atoms with E-state index < -0.39 is 0 Å². The highest BCUT2D eigenvalue weighted by Crippen LogP contribution is 2.19. The maximum atomic E-state index is 4.17. The van der Waals surface area contributed by atoms with Gasteiger partial charge in [-0.3, -0.25) is 9.58 Å². The molecule has 0 bridgehead atoms. The number of aryl methyl sites for hydroxylation is 1. The Morgan fingerprint density at radius 1 is 1.44 bits per heavy atom. The predicted molar refractivity (Wildman–Crippen MR) is 67.5 cm³/mol. The van der Waals surface area contributed by atoms with Gasteiger partial charge in [0.25, 0.3) is 0 Å². The van der Waals surface area contributed by atoms with Gasteiger partial charge >= 0.3 is 0 Å². The van der Waals surface area contributed by atoms with Crippen molar-refractivity contribution in [1.29, 1.82) is 0 Å². The molecule has 0 amide bonds. The molecule has 2 rings (SSSR count). The fourth-order valence-electron chi connectivity index (χ4n) is 2.30. The van der Waals surface area contributed by atoms with E-state index in [1.165, 1.54) is 32.2 Å². The van der Waals surface area contributed by atoms with E-state index in [0.717, 1.165) is 17.6 Å². The lowest BCUT2D eigenvalue weighted by Gasteiger charge is -2.27. The molecule has 4 nitrogen and oxygen atoms in total. The summed E-state index contributed by atoms with van der Waals surface area (Å²) in [6.45, 7) is 2.12. The summed E-state index contributed by atoms with van der Waals surface area (Å²) in [6, 6.07) is 0.657. The van der Waals surface area contributed by atoms with Crippen molar-refractivity contribution >= 4 is 15.9 Å². The number of hydrogen-bond donors (Lipinski definition) is 0. The van der Waals surface area contributed by atoms with Gasteiger partial charge in [0.15, 0.2) is 0 Å². The SMILES string of the molecule is Cn1cc(CN2CCCCCC2CBr)nn1. The molecule has 1 aromatic rings. The molecule has 1 aliphatic heterocycles. The molecule has 5 heteroatoms. The average molecular weight is 287 g/mol. The number of likely N-dealkylation sites (tertiary alicyclic amines) is 1. The van der Waals surface area contributed by atoms with E-state index in [-0.39, 0.29) is 0 Å². The second kappa shape index (κ2) is 5.77. The van der Waals surface area contributed by atoms with E-state index in [9.17, 15) is 0 Å². The Morgan fingerprint density at radius 3 is 3.00 bits per heavy atom. The molecule has 0 aromatic carbocycles. The fraction of sp³-hybridized carbons (Fsp3) is 0.818. The number of alkyl halides is 1. The maximum absolute atomic E-state index is 4.17. The zero-order chi connectivity index (χ0) is 11.4. The minimum Gasteiger partial charge on any atom is -0.294 e. The summed E-state index contributed by atoms with van der Waals surface area (Å²) in [5, 5.41) is 9.21. The Bertz CT molecular complexity index is 326. The van der Waals surface area contributed by atoms with Crippen LogP contribution in [0.1, 0.15) is 31.4 Å². The monoisotopic (exact) mass is 286 g/mol. The topological polar surface area (TPSA) is 34.0 Å². The zero-order valence-corrected chi connectivity index (χ0v) is 11.4. The number of nitrogens with zero attached hydrogens (tertiary/aromatic N) is 4. The van der Waals surface area contributed by atoms with Gasteiger partial charge < -0.3 is 0 Å². The van der Waals surface area contributed by atoms with Crippen LogP contribution in [0.15, 0.2) is 6.20 Å². The van der Waals surface area contributed by atoms with Crippen LogP contribution >= 0.6 is 15.9 Å². The summed E-state index contributed by atoms with van der Waals surface area (Å²) in [6.07, 6.45) is 7.33. The molecule has 1 unspecified atom stereocenters. The molecule has 1 atom stereocenters. The van der Waals surface area contributed by atoms with Crippen LogP contribution in [0.25, 0.3) is 0 Å². The summed E-state index contributed by atoms with van der Waals surface area (Å²) >= 11 is 3.62. The lowest BCUT2D eigenvalue weighted by Crippen LogP contribution is -2.35. The number of aromatic nitrogens is 3. The first-order valence-electron chi connectivity index (χ1n) is 5.95. The van der Waals surface area contributed by atoms with Gasteiger partial charge in [-0.15, -0.1) is 5.10 Å². The highest BCUT2D eigenvalue weighted by Gasteiger charge is 2.20. The van der Waals surface area contributed by atoms with Crippen molar-refractivity contribution in [3.8, 4) is 0 Å². The van der Waals surface area contributed by atoms with E-state index in [0.29, 0.717) is 6.04 Å². The van der Waals surface area contributed by atoms with Gasteiger partial charge in [-0.05, 0) is 19.4 Å². The van der Waals surface area contributed by atoms with Gasteiger partial charge in [0.2, 0.25) is 0 Å². The summed E-state index contributed by atoms with van der Waals surface area (Å²) in [5.41, 5.74) is 1.08. The van der Waals surface area contributed by atoms with Crippen molar-refractivity contribution in [3.05, 3.63) is 11.9 Å². The van der Waals surface area contributed by atoms with Crippen molar-refractivity contribution in [1.82, 2.24) is 19.9 Å². The van der Waals surface area contributed by atoms with Crippen LogP contribution in [0.5, 0.6) is 0 Å². The first-order valence-corrected chi connectivity index (χ1v) is 7.07. The molecule has 0 radical (unpaired) electrons. The van der Waals surface area contributed by atoms with Crippen molar-refractivity contribution in [3.63, 3.8) is 0 Å². The second-order valence-corrected chi connectivity index (χ2v) is 5.16. The molecule has 1 aliphatic rings. The Hall–Kier alpha value is -0.420. The van der Waals surface area contributed by atoms with Gasteiger partial charge in [0, 0.05) is 31.2 Å². The Balaban J connectivity index is 1.99. The van der Waals surface area contributed by atoms with Crippen LogP contribution in [0.3, 0.4) is 0 Å². The number of hydrogen-bond acceptors (Lipinski definition) is 3. The fourth-order valence-corrected chi connectivity index (χ4v) is 3.03. The largest absolute Gasteiger partial charge is 0.294 e. The van der Waals surface area contributed by atoms with Crippen molar-refractivity contribution in [2.24, 2.45) is 7.05 Å². The Labute approximate surface area is 105 Å². The predicted octanol–water partition coefficient (Wildman–Crippen LogP) is 1.95. The molecule has 0 N–H and O–H groups in total. The van der Waals surface area contributed by atoms with Crippen LogP contribution in [0, 0.1) is 0 Å². The molecular formula is C11H19BrN4. The average Bonchev–Trinajstić information content (AvgIpc) is 2.56. The molecular weight excluding hydrogens is 268 g/mol. The van der Waals surface area contributed by atoms with Crippen molar-refractivity contribution < 1.29 is 0 Å². The van der Waals surface area contributed by atoms with Gasteiger partial charge in [0.1, 0.15) is 0 Å². The third kappa shape index (κ3) is 3.04. The van der Waals surface area contributed by atoms with Crippen molar-refractivity contribution in [2.75, 3.05) is 11.9 Å². The Morgan fingerprint density at radius 2 is 2.31 bits per heavy atom. The number of halogens is 1. The normalized spacial score (nSPS) is 23.2. The first kappa shape index (κ1) is 12.0. The molecule has 2 heterocycles. The minimum absolute atomic E-state index is 0.657. The summed E-state index contributed by atoms with van der Waals surface area (Å²) in [5.74, 6) is 0. The third-order valence-corrected chi connectivity index (χ3v) is 3.94. The van der Waals surface area contributed by atoms with Crippen LogP contribution < -0.4 is 0 Å². The van der Waals surface area contributed by atoms with Crippen LogP contribution in [0.4, 0.5) is 0 Å². The summed E-state index contributed by atoms with van der Waals surface area (Å²) in [7, 11) is 1.92. The van der Waals surface area contributed by atoms with E-state index in [2.05, 4.69) is 31.1 Å². The van der Waals surface area contributed by atoms with Gasteiger partial charge in [-0.2, -0.15) is 0 Å². The minimum atomic E-state index is 0.657. The lowest BCUT2D eigenvalue weighted by atomic mass is 10.1. The highest BCUT2D eigenvalue weighted by atomic mass is 79.9. The highest BCUT2D eigenvalue weighted by molar-refractivity contribution is 9.09. The maximum Gasteiger partial charge on any atom is 0.0967 e. The van der Waals surface area contributed by atoms with E-state index in [4.69, 9.17) is 0 Å². The molecule has 90 valence electrons. The quantitative estimate of drug-likeness (QED) is 0.797. The van der Waals surface area contributed by atoms with Gasteiger partial charge in [-0.1, -0.05) is 34.0 Å². The Kier molecular flexibility index (Phi) is 4.35. The lowest BCUT2D eigenvalue weighted by molar-refractivity contribution is 0.207. The van der Waals surface area contributed by atoms with Crippen LogP contribution in [-0.4, -0.2) is 37.8 Å². The molecule has 16 heavy (non-hydrogen) atoms. The molecule has 0 aliphatic carbocycles. The molecule has 0 saturated carbocycles. The van der Waals surface area contributed by atoms with Crippen LogP contribution in [0.2, 0.25) is 0 Å². The smallest absolute Gasteiger partial charge is 0.0967 e. The van der Waals surface area contributed by atoms with E-state index in [1.54, 1.807) is 4.68 Å². The standard InChI is InChI=1S/C11H19BrN4/c1-15-8-10(13-14-15)9-16-6-4-2-3-5-11(16)7-12/h8,11H,2-7,9H2,1H3. The second-order valence-electron chi connectivity index (χ2n) is 4.51. The molecule has 0 spiro atoms. The van der Waals surface area contributed by atoms with E-state index >= 15 is 0 Å². The van der Waals surface area contributed by atoms with Gasteiger partial charge in [-0.25, -0.2) is 0 Å². The zero-order valence-electron chi connectivity index (χ0n) is 9.77. The first-order chi connectivity index (χ1) is 7.79. The van der Waals surface area contributed by atoms with Crippen LogP contribution in [-0.2, 0) is 13.6 Å². The summed E-state index contributed by atoms with van der Waals surface area (Å²) < 4.78 is 1.77.